The first-order valence-corrected chi connectivity index (χ1v) is 7.93. The number of hydrazone groups is 1. The summed E-state index contributed by atoms with van der Waals surface area (Å²) in [6.07, 6.45) is 0. The number of hydrogen-bond acceptors (Lipinski definition) is 4. The van der Waals surface area contributed by atoms with Gasteiger partial charge in [-0.15, -0.1) is 0 Å². The molecule has 2 aromatic rings. The average molecular weight is 337 g/mol. The van der Waals surface area contributed by atoms with E-state index in [0.717, 1.165) is 5.56 Å². The highest BCUT2D eigenvalue weighted by molar-refractivity contribution is 6.28. The van der Waals surface area contributed by atoms with Crippen LogP contribution >= 0.6 is 0 Å². The standard InChI is InChI=1S/C19H19N3O3/c1-13-17(19(24)22(21-13)16-9-4-3-5-10-16)18(23)20-15-8-6-7-14(11-15)12-25-2/h3-11,17H,12H2,1-2H3,(H,20,23). The van der Waals surface area contributed by atoms with Gasteiger partial charge in [-0.2, -0.15) is 10.1 Å². The summed E-state index contributed by atoms with van der Waals surface area (Å²) in [5.41, 5.74) is 2.68. The lowest BCUT2D eigenvalue weighted by Crippen LogP contribution is -2.36. The van der Waals surface area contributed by atoms with Crippen molar-refractivity contribution in [1.29, 1.82) is 0 Å². The molecule has 1 aliphatic heterocycles. The summed E-state index contributed by atoms with van der Waals surface area (Å²) in [5.74, 6) is -1.67. The Hall–Kier alpha value is -2.99. The number of carbonyl (C=O) groups is 2. The molecule has 6 heteroatoms. The molecule has 0 saturated heterocycles. The van der Waals surface area contributed by atoms with Crippen LogP contribution in [0, 0.1) is 5.92 Å². The third-order valence-electron chi connectivity index (χ3n) is 3.90. The second-order valence-electron chi connectivity index (χ2n) is 5.78. The van der Waals surface area contributed by atoms with Crippen LogP contribution in [0.3, 0.4) is 0 Å². The summed E-state index contributed by atoms with van der Waals surface area (Å²) < 4.78 is 5.09. The maximum atomic E-state index is 12.6. The summed E-state index contributed by atoms with van der Waals surface area (Å²) in [7, 11) is 1.61. The second-order valence-corrected chi connectivity index (χ2v) is 5.78. The van der Waals surface area contributed by atoms with E-state index in [1.165, 1.54) is 5.01 Å². The van der Waals surface area contributed by atoms with Crippen LogP contribution in [0.2, 0.25) is 0 Å². The van der Waals surface area contributed by atoms with Crippen molar-refractivity contribution >= 4 is 28.9 Å². The van der Waals surface area contributed by atoms with E-state index in [9.17, 15) is 9.59 Å². The Morgan fingerprint density at radius 1 is 1.20 bits per heavy atom. The molecule has 0 radical (unpaired) electrons. The van der Waals surface area contributed by atoms with E-state index in [1.54, 1.807) is 32.2 Å². The predicted molar refractivity (Wildman–Crippen MR) is 96.3 cm³/mol. The number of anilines is 2. The lowest BCUT2D eigenvalue weighted by molar-refractivity contribution is -0.127. The quantitative estimate of drug-likeness (QED) is 0.853. The van der Waals surface area contributed by atoms with Crippen molar-refractivity contribution in [3.8, 4) is 0 Å². The highest BCUT2D eigenvalue weighted by Gasteiger charge is 2.39. The Morgan fingerprint density at radius 3 is 2.68 bits per heavy atom. The number of nitrogens with zero attached hydrogens (tertiary/aromatic N) is 2. The summed E-state index contributed by atoms with van der Waals surface area (Å²) in [6.45, 7) is 2.14. The van der Waals surface area contributed by atoms with E-state index in [0.29, 0.717) is 23.7 Å². The molecular formula is C19H19N3O3. The van der Waals surface area contributed by atoms with Gasteiger partial charge in [-0.1, -0.05) is 30.3 Å². The highest BCUT2D eigenvalue weighted by atomic mass is 16.5. The molecule has 1 N–H and O–H groups in total. The third-order valence-corrected chi connectivity index (χ3v) is 3.90. The molecule has 0 aromatic heterocycles. The molecule has 0 spiro atoms. The van der Waals surface area contributed by atoms with E-state index in [1.807, 2.05) is 36.4 Å². The van der Waals surface area contributed by atoms with Gasteiger partial charge in [0.05, 0.1) is 18.0 Å². The Labute approximate surface area is 146 Å². The van der Waals surface area contributed by atoms with Crippen LogP contribution in [-0.4, -0.2) is 24.6 Å². The predicted octanol–water partition coefficient (Wildman–Crippen LogP) is 2.81. The molecule has 0 aliphatic carbocycles. The zero-order valence-corrected chi connectivity index (χ0v) is 14.1. The Morgan fingerprint density at radius 2 is 1.96 bits per heavy atom. The van der Waals surface area contributed by atoms with Crippen LogP contribution in [0.1, 0.15) is 12.5 Å². The number of methoxy groups -OCH3 is 1. The summed E-state index contributed by atoms with van der Waals surface area (Å²) >= 11 is 0. The smallest absolute Gasteiger partial charge is 0.265 e. The van der Waals surface area contributed by atoms with Crippen molar-refractivity contribution in [3.05, 3.63) is 60.2 Å². The lowest BCUT2D eigenvalue weighted by atomic mass is 10.0. The SMILES string of the molecule is COCc1cccc(NC(=O)C2C(=O)N(c3ccccc3)N=C2C)c1. The van der Waals surface area contributed by atoms with Crippen molar-refractivity contribution in [2.45, 2.75) is 13.5 Å². The first-order valence-electron chi connectivity index (χ1n) is 7.93. The lowest BCUT2D eigenvalue weighted by Gasteiger charge is -2.14. The molecular weight excluding hydrogens is 318 g/mol. The molecule has 128 valence electrons. The number of benzene rings is 2. The zero-order valence-electron chi connectivity index (χ0n) is 14.1. The van der Waals surface area contributed by atoms with Crippen LogP contribution in [-0.2, 0) is 20.9 Å². The molecule has 1 aliphatic rings. The molecule has 1 heterocycles. The average Bonchev–Trinajstić information content (AvgIpc) is 2.91. The van der Waals surface area contributed by atoms with E-state index >= 15 is 0 Å². The number of rotatable bonds is 5. The van der Waals surface area contributed by atoms with Crippen LogP contribution in [0.15, 0.2) is 59.7 Å². The molecule has 2 amide bonds. The van der Waals surface area contributed by atoms with Gasteiger partial charge < -0.3 is 10.1 Å². The van der Waals surface area contributed by atoms with Crippen LogP contribution < -0.4 is 10.3 Å². The van der Waals surface area contributed by atoms with Gasteiger partial charge in [-0.25, -0.2) is 0 Å². The van der Waals surface area contributed by atoms with Crippen LogP contribution in [0.5, 0.6) is 0 Å². The van der Waals surface area contributed by atoms with Crippen LogP contribution in [0.4, 0.5) is 11.4 Å². The molecule has 6 nitrogen and oxygen atoms in total. The molecule has 1 atom stereocenters. The normalized spacial score (nSPS) is 16.7. The van der Waals surface area contributed by atoms with Crippen molar-refractivity contribution in [2.24, 2.45) is 11.0 Å². The van der Waals surface area contributed by atoms with Gasteiger partial charge in [-0.05, 0) is 36.8 Å². The summed E-state index contributed by atoms with van der Waals surface area (Å²) in [4.78, 5) is 25.3. The molecule has 0 fully saturated rings. The minimum atomic E-state index is -0.925. The topological polar surface area (TPSA) is 71.0 Å². The molecule has 0 saturated carbocycles. The van der Waals surface area contributed by atoms with Gasteiger partial charge in [-0.3, -0.25) is 9.59 Å². The Kier molecular flexibility index (Phi) is 4.90. The summed E-state index contributed by atoms with van der Waals surface area (Å²) in [5, 5.41) is 8.32. The summed E-state index contributed by atoms with van der Waals surface area (Å²) in [6, 6.07) is 16.4. The van der Waals surface area contributed by atoms with E-state index in [-0.39, 0.29) is 11.8 Å². The van der Waals surface area contributed by atoms with E-state index < -0.39 is 5.92 Å². The maximum absolute atomic E-state index is 12.6. The second kappa shape index (κ2) is 7.27. The van der Waals surface area contributed by atoms with Crippen molar-refractivity contribution in [3.63, 3.8) is 0 Å². The van der Waals surface area contributed by atoms with Gasteiger partial charge in [0.25, 0.3) is 5.91 Å². The Bertz CT molecular complexity index is 818. The number of ether oxygens (including phenoxy) is 1. The van der Waals surface area contributed by atoms with Crippen molar-refractivity contribution in [2.75, 3.05) is 17.4 Å². The Balaban J connectivity index is 1.76. The number of amides is 2. The van der Waals surface area contributed by atoms with E-state index in [4.69, 9.17) is 4.74 Å². The van der Waals surface area contributed by atoms with Gasteiger partial charge in [0, 0.05) is 12.8 Å². The van der Waals surface area contributed by atoms with E-state index in [2.05, 4.69) is 10.4 Å². The first kappa shape index (κ1) is 16.9. The number of para-hydroxylation sites is 1. The molecule has 3 rings (SSSR count). The van der Waals surface area contributed by atoms with Crippen molar-refractivity contribution in [1.82, 2.24) is 0 Å². The molecule has 0 bridgehead atoms. The number of carbonyl (C=O) groups excluding carboxylic acids is 2. The maximum Gasteiger partial charge on any atom is 0.265 e. The minimum Gasteiger partial charge on any atom is -0.380 e. The van der Waals surface area contributed by atoms with Gasteiger partial charge in [0.1, 0.15) is 0 Å². The number of nitrogens with one attached hydrogen (secondary N) is 1. The fraction of sp³-hybridized carbons (Fsp3) is 0.211. The third kappa shape index (κ3) is 3.59. The fourth-order valence-corrected chi connectivity index (χ4v) is 2.74. The first-order chi connectivity index (χ1) is 12.1. The number of hydrogen-bond donors (Lipinski definition) is 1. The van der Waals surface area contributed by atoms with Crippen molar-refractivity contribution < 1.29 is 14.3 Å². The molecule has 25 heavy (non-hydrogen) atoms. The molecule has 2 aromatic carbocycles. The fourth-order valence-electron chi connectivity index (χ4n) is 2.74. The largest absolute Gasteiger partial charge is 0.380 e. The van der Waals surface area contributed by atoms with Crippen LogP contribution in [0.25, 0.3) is 0 Å². The van der Waals surface area contributed by atoms with Gasteiger partial charge >= 0.3 is 0 Å². The minimum absolute atomic E-state index is 0.353. The monoisotopic (exact) mass is 337 g/mol. The highest BCUT2D eigenvalue weighted by Crippen LogP contribution is 2.24. The van der Waals surface area contributed by atoms with Gasteiger partial charge in [0.2, 0.25) is 5.91 Å². The van der Waals surface area contributed by atoms with Gasteiger partial charge in [0.15, 0.2) is 5.92 Å². The molecule has 1 unspecified atom stereocenters. The zero-order chi connectivity index (χ0) is 17.8.